The summed E-state index contributed by atoms with van der Waals surface area (Å²) in [5.74, 6) is 0.368. The maximum atomic E-state index is 12.0. The van der Waals surface area contributed by atoms with E-state index >= 15 is 0 Å². The Morgan fingerprint density at radius 2 is 2.05 bits per heavy atom. The molecular formula is C15H18ClN3OS. The Morgan fingerprint density at radius 3 is 2.62 bits per heavy atom. The van der Waals surface area contributed by atoms with E-state index in [-0.39, 0.29) is 5.91 Å². The van der Waals surface area contributed by atoms with E-state index in [4.69, 9.17) is 11.6 Å². The van der Waals surface area contributed by atoms with Crippen molar-refractivity contribution in [1.29, 1.82) is 0 Å². The van der Waals surface area contributed by atoms with E-state index in [0.29, 0.717) is 18.0 Å². The van der Waals surface area contributed by atoms with Gasteiger partial charge in [-0.2, -0.15) is 0 Å². The van der Waals surface area contributed by atoms with E-state index < -0.39 is 0 Å². The van der Waals surface area contributed by atoms with Crippen LogP contribution in [0.3, 0.4) is 0 Å². The number of alkyl halides is 1. The maximum absolute atomic E-state index is 12.0. The van der Waals surface area contributed by atoms with Gasteiger partial charge < -0.3 is 10.2 Å². The Balaban J connectivity index is 1.99. The fourth-order valence-electron chi connectivity index (χ4n) is 1.76. The van der Waals surface area contributed by atoms with Gasteiger partial charge >= 0.3 is 0 Å². The topological polar surface area (TPSA) is 45.2 Å². The molecule has 1 heterocycles. The van der Waals surface area contributed by atoms with Crippen LogP contribution in [0.2, 0.25) is 0 Å². The number of carbonyl (C=O) groups is 1. The molecule has 0 saturated carbocycles. The van der Waals surface area contributed by atoms with Gasteiger partial charge in [0.05, 0.1) is 11.6 Å². The molecular weight excluding hydrogens is 306 g/mol. The lowest BCUT2D eigenvalue weighted by atomic mass is 10.1. The van der Waals surface area contributed by atoms with E-state index in [2.05, 4.69) is 10.3 Å². The zero-order valence-corrected chi connectivity index (χ0v) is 13.7. The van der Waals surface area contributed by atoms with Gasteiger partial charge in [0, 0.05) is 29.6 Å². The molecule has 0 aliphatic heterocycles. The highest BCUT2D eigenvalue weighted by Crippen LogP contribution is 2.24. The number of likely N-dealkylation sites (N-methyl/N-ethyl adjacent to an activating group) is 1. The zero-order valence-electron chi connectivity index (χ0n) is 12.1. The summed E-state index contributed by atoms with van der Waals surface area (Å²) in [7, 11) is 3.95. The van der Waals surface area contributed by atoms with Gasteiger partial charge in [-0.15, -0.1) is 22.9 Å². The zero-order chi connectivity index (χ0) is 15.2. The number of hydrogen-bond acceptors (Lipinski definition) is 4. The van der Waals surface area contributed by atoms with Gasteiger partial charge in [0.25, 0.3) is 5.91 Å². The van der Waals surface area contributed by atoms with Gasteiger partial charge in [-0.3, -0.25) is 4.79 Å². The number of hydrogen-bond donors (Lipinski definition) is 1. The van der Waals surface area contributed by atoms with E-state index in [0.717, 1.165) is 22.8 Å². The molecule has 0 spiro atoms. The first kappa shape index (κ1) is 15.9. The van der Waals surface area contributed by atoms with Crippen molar-refractivity contribution in [3.05, 3.63) is 40.9 Å². The van der Waals surface area contributed by atoms with Crippen LogP contribution in [0, 0.1) is 0 Å². The molecule has 1 aromatic heterocycles. The molecule has 0 saturated heterocycles. The van der Waals surface area contributed by atoms with Crippen molar-refractivity contribution in [2.45, 2.75) is 5.88 Å². The minimum atomic E-state index is -0.0519. The van der Waals surface area contributed by atoms with Crippen LogP contribution < -0.4 is 5.32 Å². The summed E-state index contributed by atoms with van der Waals surface area (Å²) in [6.45, 7) is 1.46. The number of halogens is 1. The van der Waals surface area contributed by atoms with Crippen LogP contribution in [-0.4, -0.2) is 43.0 Å². The van der Waals surface area contributed by atoms with Crippen LogP contribution >= 0.6 is 22.9 Å². The van der Waals surface area contributed by atoms with Crippen LogP contribution in [0.1, 0.15) is 16.1 Å². The number of nitrogens with one attached hydrogen (secondary N) is 1. The lowest BCUT2D eigenvalue weighted by Crippen LogP contribution is -2.31. The molecule has 1 aromatic carbocycles. The molecule has 0 aliphatic rings. The first-order valence-corrected chi connectivity index (χ1v) is 8.05. The summed E-state index contributed by atoms with van der Waals surface area (Å²) in [6.07, 6.45) is 0. The SMILES string of the molecule is CN(C)CCNC(=O)c1ccc(-c2nc(CCl)cs2)cc1. The third kappa shape index (κ3) is 4.52. The van der Waals surface area contributed by atoms with Crippen LogP contribution in [0.25, 0.3) is 10.6 Å². The summed E-state index contributed by atoms with van der Waals surface area (Å²) in [4.78, 5) is 18.4. The summed E-state index contributed by atoms with van der Waals surface area (Å²) < 4.78 is 0. The fraction of sp³-hybridized carbons (Fsp3) is 0.333. The normalized spacial score (nSPS) is 10.9. The van der Waals surface area contributed by atoms with E-state index in [1.807, 2.05) is 48.6 Å². The average molecular weight is 324 g/mol. The highest BCUT2D eigenvalue weighted by Gasteiger charge is 2.07. The van der Waals surface area contributed by atoms with Crippen molar-refractivity contribution in [2.24, 2.45) is 0 Å². The number of benzene rings is 1. The predicted octanol–water partition coefficient (Wildman–Crippen LogP) is 2.84. The van der Waals surface area contributed by atoms with E-state index in [1.165, 1.54) is 0 Å². The molecule has 0 aliphatic carbocycles. The van der Waals surface area contributed by atoms with Gasteiger partial charge in [-0.1, -0.05) is 12.1 Å². The minimum absolute atomic E-state index is 0.0519. The monoisotopic (exact) mass is 323 g/mol. The molecule has 6 heteroatoms. The van der Waals surface area contributed by atoms with E-state index in [9.17, 15) is 4.79 Å². The molecule has 2 rings (SSSR count). The quantitative estimate of drug-likeness (QED) is 0.831. The lowest BCUT2D eigenvalue weighted by Gasteiger charge is -2.10. The molecule has 4 nitrogen and oxygen atoms in total. The van der Waals surface area contributed by atoms with Crippen molar-refractivity contribution < 1.29 is 4.79 Å². The number of aromatic nitrogens is 1. The molecule has 2 aromatic rings. The van der Waals surface area contributed by atoms with Crippen molar-refractivity contribution in [1.82, 2.24) is 15.2 Å². The maximum Gasteiger partial charge on any atom is 0.251 e. The Kier molecular flexibility index (Phi) is 5.73. The molecule has 0 atom stereocenters. The highest BCUT2D eigenvalue weighted by molar-refractivity contribution is 7.13. The fourth-order valence-corrected chi connectivity index (χ4v) is 2.81. The summed E-state index contributed by atoms with van der Waals surface area (Å²) in [5.41, 5.74) is 2.54. The molecule has 0 bridgehead atoms. The second-order valence-corrected chi connectivity index (χ2v) is 6.04. The summed E-state index contributed by atoms with van der Waals surface area (Å²) in [5, 5.41) is 5.76. The van der Waals surface area contributed by atoms with Gasteiger partial charge in [-0.05, 0) is 26.2 Å². The Labute approximate surface area is 133 Å². The van der Waals surface area contributed by atoms with Crippen LogP contribution in [0.5, 0.6) is 0 Å². The average Bonchev–Trinajstić information content (AvgIpc) is 2.96. The second kappa shape index (κ2) is 7.54. The van der Waals surface area contributed by atoms with Crippen LogP contribution in [0.4, 0.5) is 0 Å². The summed E-state index contributed by atoms with van der Waals surface area (Å²) in [6, 6.07) is 7.47. The largest absolute Gasteiger partial charge is 0.351 e. The number of rotatable bonds is 6. The van der Waals surface area contributed by atoms with Gasteiger partial charge in [0.1, 0.15) is 5.01 Å². The van der Waals surface area contributed by atoms with E-state index in [1.54, 1.807) is 11.3 Å². The molecule has 0 unspecified atom stereocenters. The van der Waals surface area contributed by atoms with Crippen LogP contribution in [0.15, 0.2) is 29.6 Å². The molecule has 1 N–H and O–H groups in total. The smallest absolute Gasteiger partial charge is 0.251 e. The first-order chi connectivity index (χ1) is 10.1. The number of carbonyl (C=O) groups excluding carboxylic acids is 1. The van der Waals surface area contributed by atoms with Crippen molar-refractivity contribution in [3.63, 3.8) is 0 Å². The number of nitrogens with zero attached hydrogens (tertiary/aromatic N) is 2. The predicted molar refractivity (Wildman–Crippen MR) is 88.0 cm³/mol. The van der Waals surface area contributed by atoms with Crippen molar-refractivity contribution in [3.8, 4) is 10.6 Å². The number of thiazole rings is 1. The Morgan fingerprint density at radius 1 is 1.33 bits per heavy atom. The summed E-state index contributed by atoms with van der Waals surface area (Å²) >= 11 is 7.31. The molecule has 21 heavy (non-hydrogen) atoms. The highest BCUT2D eigenvalue weighted by atomic mass is 35.5. The third-order valence-electron chi connectivity index (χ3n) is 2.93. The van der Waals surface area contributed by atoms with Crippen LogP contribution in [-0.2, 0) is 5.88 Å². The molecule has 1 amide bonds. The molecule has 0 fully saturated rings. The molecule has 112 valence electrons. The standard InChI is InChI=1S/C15H18ClN3OS/c1-19(2)8-7-17-14(20)11-3-5-12(6-4-11)15-18-13(9-16)10-21-15/h3-6,10H,7-9H2,1-2H3,(H,17,20). The molecule has 0 radical (unpaired) electrons. The van der Waals surface area contributed by atoms with Gasteiger partial charge in [0.15, 0.2) is 0 Å². The lowest BCUT2D eigenvalue weighted by molar-refractivity contribution is 0.0951. The number of amides is 1. The Hall–Kier alpha value is -1.43. The second-order valence-electron chi connectivity index (χ2n) is 4.91. The Bertz CT molecular complexity index is 595. The van der Waals surface area contributed by atoms with Gasteiger partial charge in [-0.25, -0.2) is 4.98 Å². The van der Waals surface area contributed by atoms with Gasteiger partial charge in [0.2, 0.25) is 0 Å². The third-order valence-corrected chi connectivity index (χ3v) is 4.14. The minimum Gasteiger partial charge on any atom is -0.351 e. The van der Waals surface area contributed by atoms with Crippen molar-refractivity contribution >= 4 is 28.8 Å². The van der Waals surface area contributed by atoms with Crippen molar-refractivity contribution in [2.75, 3.05) is 27.2 Å². The first-order valence-electron chi connectivity index (χ1n) is 6.64.